The molecule has 5 nitrogen and oxygen atoms in total. The molecular weight excluding hydrogens is 320 g/mol. The molecule has 98 valence electrons. The van der Waals surface area contributed by atoms with Gasteiger partial charge in [-0.25, -0.2) is 4.79 Å². The van der Waals surface area contributed by atoms with Crippen LogP contribution >= 0.6 is 27.3 Å². The number of hydrogen-bond acceptors (Lipinski definition) is 3. The molecule has 0 aliphatic rings. The SMILES string of the molecule is C=CCN(CC(=O)O)C(=O)NCc1ccc(Br)s1. The topological polar surface area (TPSA) is 69.6 Å². The van der Waals surface area contributed by atoms with E-state index in [-0.39, 0.29) is 13.1 Å². The first-order valence-electron chi connectivity index (χ1n) is 5.12. The number of aliphatic carboxylic acids is 1. The molecule has 0 fully saturated rings. The quantitative estimate of drug-likeness (QED) is 0.785. The van der Waals surface area contributed by atoms with Crippen LogP contribution in [0.1, 0.15) is 4.88 Å². The van der Waals surface area contributed by atoms with Gasteiger partial charge in [-0.2, -0.15) is 0 Å². The molecule has 2 N–H and O–H groups in total. The van der Waals surface area contributed by atoms with Crippen LogP contribution in [0.15, 0.2) is 28.6 Å². The van der Waals surface area contributed by atoms with Crippen LogP contribution in [0.5, 0.6) is 0 Å². The summed E-state index contributed by atoms with van der Waals surface area (Å²) < 4.78 is 0.986. The van der Waals surface area contributed by atoms with Gasteiger partial charge in [-0.3, -0.25) is 4.79 Å². The molecule has 0 aromatic carbocycles. The van der Waals surface area contributed by atoms with Gasteiger partial charge in [0.2, 0.25) is 0 Å². The number of urea groups is 1. The molecule has 0 saturated heterocycles. The van der Waals surface area contributed by atoms with Gasteiger partial charge in [0.05, 0.1) is 10.3 Å². The zero-order valence-corrected chi connectivity index (χ0v) is 12.0. The largest absolute Gasteiger partial charge is 0.480 e. The van der Waals surface area contributed by atoms with E-state index in [1.165, 1.54) is 22.3 Å². The minimum absolute atomic E-state index is 0.201. The third-order valence-electron chi connectivity index (χ3n) is 2.01. The Kier molecular flexibility index (Phi) is 5.87. The normalized spacial score (nSPS) is 9.83. The summed E-state index contributed by atoms with van der Waals surface area (Å²) in [6.45, 7) is 3.73. The van der Waals surface area contributed by atoms with E-state index in [0.29, 0.717) is 6.54 Å². The van der Waals surface area contributed by atoms with Crippen molar-refractivity contribution in [3.63, 3.8) is 0 Å². The molecule has 0 radical (unpaired) electrons. The van der Waals surface area contributed by atoms with E-state index in [4.69, 9.17) is 5.11 Å². The lowest BCUT2D eigenvalue weighted by molar-refractivity contribution is -0.137. The van der Waals surface area contributed by atoms with Gasteiger partial charge >= 0.3 is 12.0 Å². The first kappa shape index (κ1) is 14.7. The van der Waals surface area contributed by atoms with Crippen molar-refractivity contribution >= 4 is 39.3 Å². The van der Waals surface area contributed by atoms with E-state index in [2.05, 4.69) is 27.8 Å². The molecule has 0 unspecified atom stereocenters. The maximum Gasteiger partial charge on any atom is 0.323 e. The minimum Gasteiger partial charge on any atom is -0.480 e. The Hall–Kier alpha value is -1.34. The molecule has 18 heavy (non-hydrogen) atoms. The van der Waals surface area contributed by atoms with Crippen LogP contribution in [0.3, 0.4) is 0 Å². The standard InChI is InChI=1S/C11H13BrN2O3S/c1-2-5-14(7-10(15)16)11(17)13-6-8-3-4-9(12)18-8/h2-4H,1,5-7H2,(H,13,17)(H,15,16). The second-order valence-corrected chi connectivity index (χ2v) is 5.98. The number of carbonyl (C=O) groups is 2. The zero-order valence-electron chi connectivity index (χ0n) is 9.56. The number of nitrogens with zero attached hydrogens (tertiary/aromatic N) is 1. The zero-order chi connectivity index (χ0) is 13.5. The fourth-order valence-electron chi connectivity index (χ4n) is 1.26. The molecule has 1 aromatic rings. The Morgan fingerprint density at radius 3 is 2.78 bits per heavy atom. The van der Waals surface area contributed by atoms with Crippen LogP contribution in [0.2, 0.25) is 0 Å². The number of rotatable bonds is 6. The highest BCUT2D eigenvalue weighted by atomic mass is 79.9. The molecule has 7 heteroatoms. The van der Waals surface area contributed by atoms with Crippen LogP contribution in [0.4, 0.5) is 4.79 Å². The number of hydrogen-bond donors (Lipinski definition) is 2. The summed E-state index contributed by atoms with van der Waals surface area (Å²) in [6, 6.07) is 3.37. The van der Waals surface area contributed by atoms with Gasteiger partial charge in [0.15, 0.2) is 0 Å². The van der Waals surface area contributed by atoms with Gasteiger partial charge in [0, 0.05) is 11.4 Å². The summed E-state index contributed by atoms with van der Waals surface area (Å²) >= 11 is 4.85. The number of carboxylic acid groups (broad SMARTS) is 1. The molecule has 0 bridgehead atoms. The predicted molar refractivity (Wildman–Crippen MR) is 73.7 cm³/mol. The molecule has 0 aliphatic carbocycles. The average Bonchev–Trinajstić information content (AvgIpc) is 2.71. The third kappa shape index (κ3) is 4.89. The smallest absolute Gasteiger partial charge is 0.323 e. The van der Waals surface area contributed by atoms with Gasteiger partial charge in [0.25, 0.3) is 0 Å². The third-order valence-corrected chi connectivity index (χ3v) is 3.63. The Bertz CT molecular complexity index is 447. The van der Waals surface area contributed by atoms with Crippen molar-refractivity contribution in [2.24, 2.45) is 0 Å². The van der Waals surface area contributed by atoms with Crippen LogP contribution in [0.25, 0.3) is 0 Å². The summed E-state index contributed by atoms with van der Waals surface area (Å²) in [5.41, 5.74) is 0. The first-order valence-corrected chi connectivity index (χ1v) is 6.73. The average molecular weight is 333 g/mol. The molecule has 0 spiro atoms. The fourth-order valence-corrected chi connectivity index (χ4v) is 2.68. The number of halogens is 1. The van der Waals surface area contributed by atoms with Crippen molar-refractivity contribution in [2.75, 3.05) is 13.1 Å². The second kappa shape index (κ2) is 7.17. The molecule has 0 saturated carbocycles. The van der Waals surface area contributed by atoms with Gasteiger partial charge in [0.1, 0.15) is 6.54 Å². The highest BCUT2D eigenvalue weighted by molar-refractivity contribution is 9.11. The Labute approximate surface area is 117 Å². The molecular formula is C11H13BrN2O3S. The van der Waals surface area contributed by atoms with Crippen LogP contribution in [-0.4, -0.2) is 35.1 Å². The monoisotopic (exact) mass is 332 g/mol. The summed E-state index contributed by atoms with van der Waals surface area (Å²) in [6.07, 6.45) is 1.49. The number of amides is 2. The number of carboxylic acids is 1. The van der Waals surface area contributed by atoms with E-state index in [9.17, 15) is 9.59 Å². The van der Waals surface area contributed by atoms with Crippen molar-refractivity contribution in [3.8, 4) is 0 Å². The van der Waals surface area contributed by atoms with Crippen LogP contribution < -0.4 is 5.32 Å². The lowest BCUT2D eigenvalue weighted by Gasteiger charge is -2.19. The van der Waals surface area contributed by atoms with Crippen molar-refractivity contribution in [1.82, 2.24) is 10.2 Å². The Morgan fingerprint density at radius 2 is 2.28 bits per heavy atom. The van der Waals surface area contributed by atoms with E-state index in [1.54, 1.807) is 0 Å². The molecule has 1 heterocycles. The molecule has 0 atom stereocenters. The fraction of sp³-hybridized carbons (Fsp3) is 0.273. The summed E-state index contributed by atoms with van der Waals surface area (Å²) in [7, 11) is 0. The number of carbonyl (C=O) groups excluding carboxylic acids is 1. The molecule has 2 amide bonds. The van der Waals surface area contributed by atoms with Crippen LogP contribution in [-0.2, 0) is 11.3 Å². The van der Waals surface area contributed by atoms with Crippen molar-refractivity contribution in [3.05, 3.63) is 33.5 Å². The first-order chi connectivity index (χ1) is 8.52. The van der Waals surface area contributed by atoms with Crippen LogP contribution in [0, 0.1) is 0 Å². The van der Waals surface area contributed by atoms with E-state index in [1.807, 2.05) is 12.1 Å². The van der Waals surface area contributed by atoms with E-state index < -0.39 is 12.0 Å². The Morgan fingerprint density at radius 1 is 1.56 bits per heavy atom. The van der Waals surface area contributed by atoms with E-state index in [0.717, 1.165) is 8.66 Å². The highest BCUT2D eigenvalue weighted by Crippen LogP contribution is 2.21. The summed E-state index contributed by atoms with van der Waals surface area (Å²) in [4.78, 5) is 24.5. The van der Waals surface area contributed by atoms with Gasteiger partial charge < -0.3 is 15.3 Å². The maximum atomic E-state index is 11.7. The number of nitrogens with one attached hydrogen (secondary N) is 1. The second-order valence-electron chi connectivity index (χ2n) is 3.43. The van der Waals surface area contributed by atoms with Crippen molar-refractivity contribution in [1.29, 1.82) is 0 Å². The van der Waals surface area contributed by atoms with Crippen molar-refractivity contribution in [2.45, 2.75) is 6.54 Å². The maximum absolute atomic E-state index is 11.7. The van der Waals surface area contributed by atoms with Crippen molar-refractivity contribution < 1.29 is 14.7 Å². The van der Waals surface area contributed by atoms with Gasteiger partial charge in [-0.1, -0.05) is 6.08 Å². The lowest BCUT2D eigenvalue weighted by atomic mass is 10.4. The molecule has 0 aliphatic heterocycles. The lowest BCUT2D eigenvalue weighted by Crippen LogP contribution is -2.42. The Balaban J connectivity index is 2.50. The minimum atomic E-state index is -1.05. The summed E-state index contributed by atoms with van der Waals surface area (Å²) in [5, 5.41) is 11.4. The molecule has 1 aromatic heterocycles. The van der Waals surface area contributed by atoms with E-state index >= 15 is 0 Å². The number of thiophene rings is 1. The van der Waals surface area contributed by atoms with Gasteiger partial charge in [-0.05, 0) is 28.1 Å². The predicted octanol–water partition coefficient (Wildman–Crippen LogP) is 2.29. The highest BCUT2D eigenvalue weighted by Gasteiger charge is 2.14. The summed E-state index contributed by atoms with van der Waals surface area (Å²) in [5.74, 6) is -1.05. The molecule has 1 rings (SSSR count). The van der Waals surface area contributed by atoms with Gasteiger partial charge in [-0.15, -0.1) is 17.9 Å².